The Morgan fingerprint density at radius 3 is 2.37 bits per heavy atom. The fourth-order valence-corrected chi connectivity index (χ4v) is 1.65. The zero-order valence-corrected chi connectivity index (χ0v) is 10.4. The second-order valence-corrected chi connectivity index (χ2v) is 4.26. The lowest BCUT2D eigenvalue weighted by Crippen LogP contribution is -2.08. The van der Waals surface area contributed by atoms with Gasteiger partial charge in [0.05, 0.1) is 11.3 Å². The summed E-state index contributed by atoms with van der Waals surface area (Å²) in [4.78, 5) is 0. The molecular weight excluding hydrogens is 262 g/mol. The fourth-order valence-electron chi connectivity index (χ4n) is 1.65. The number of nitrogens with one attached hydrogen (secondary N) is 1. The lowest BCUT2D eigenvalue weighted by atomic mass is 10.1. The number of anilines is 1. The Balaban J connectivity index is 2.49. The van der Waals surface area contributed by atoms with Crippen molar-refractivity contribution in [2.24, 2.45) is 0 Å². The maximum atomic E-state index is 13.3. The van der Waals surface area contributed by atoms with Gasteiger partial charge in [-0.1, -0.05) is 12.8 Å². The Labute approximate surface area is 109 Å². The fraction of sp³-hybridized carbons (Fsp3) is 0.538. The molecule has 0 aromatic heterocycles. The van der Waals surface area contributed by atoms with E-state index in [1.165, 1.54) is 0 Å². The standard InChI is InChI=1S/C13H17F4NO/c14-11-6-5-10(13(15,16)17)9-12(11)18-7-3-1-2-4-8-19/h5-6,9,18-19H,1-4,7-8H2. The Hall–Kier alpha value is -1.30. The van der Waals surface area contributed by atoms with Crippen molar-refractivity contribution in [2.45, 2.75) is 31.9 Å². The molecule has 0 aliphatic heterocycles. The van der Waals surface area contributed by atoms with Gasteiger partial charge < -0.3 is 10.4 Å². The van der Waals surface area contributed by atoms with Gasteiger partial charge in [0, 0.05) is 13.2 Å². The Bertz CT molecular complexity index is 393. The minimum Gasteiger partial charge on any atom is -0.396 e. The first kappa shape index (κ1) is 15.8. The second kappa shape index (κ2) is 7.33. The van der Waals surface area contributed by atoms with Crippen LogP contribution >= 0.6 is 0 Å². The number of hydrogen-bond donors (Lipinski definition) is 2. The molecule has 0 spiro atoms. The quantitative estimate of drug-likeness (QED) is 0.587. The molecule has 0 saturated carbocycles. The van der Waals surface area contributed by atoms with Crippen molar-refractivity contribution in [1.82, 2.24) is 0 Å². The molecule has 6 heteroatoms. The predicted octanol–water partition coefficient (Wildman–Crippen LogP) is 3.81. The molecule has 0 aliphatic rings. The van der Waals surface area contributed by atoms with Crippen LogP contribution in [0.25, 0.3) is 0 Å². The van der Waals surface area contributed by atoms with Crippen molar-refractivity contribution in [1.29, 1.82) is 0 Å². The summed E-state index contributed by atoms with van der Waals surface area (Å²) in [6.45, 7) is 0.541. The predicted molar refractivity (Wildman–Crippen MR) is 65.4 cm³/mol. The maximum Gasteiger partial charge on any atom is 0.416 e. The van der Waals surface area contributed by atoms with Crippen molar-refractivity contribution in [3.8, 4) is 0 Å². The summed E-state index contributed by atoms with van der Waals surface area (Å²) in [5.74, 6) is -0.691. The Kier molecular flexibility index (Phi) is 6.08. The zero-order chi connectivity index (χ0) is 14.3. The smallest absolute Gasteiger partial charge is 0.396 e. The maximum absolute atomic E-state index is 13.3. The van der Waals surface area contributed by atoms with Crippen LogP contribution in [0.2, 0.25) is 0 Å². The molecule has 1 rings (SSSR count). The molecule has 1 aromatic carbocycles. The van der Waals surface area contributed by atoms with Gasteiger partial charge in [-0.3, -0.25) is 0 Å². The van der Waals surface area contributed by atoms with Gasteiger partial charge in [-0.05, 0) is 31.0 Å². The third-order valence-corrected chi connectivity index (χ3v) is 2.69. The normalized spacial score (nSPS) is 11.6. The lowest BCUT2D eigenvalue weighted by Gasteiger charge is -2.11. The third kappa shape index (κ3) is 5.46. The Morgan fingerprint density at radius 2 is 1.74 bits per heavy atom. The highest BCUT2D eigenvalue weighted by Crippen LogP contribution is 2.31. The first-order valence-electron chi connectivity index (χ1n) is 6.16. The summed E-state index contributed by atoms with van der Waals surface area (Å²) in [6, 6.07) is 2.32. The first-order chi connectivity index (χ1) is 8.95. The highest BCUT2D eigenvalue weighted by molar-refractivity contribution is 5.47. The highest BCUT2D eigenvalue weighted by Gasteiger charge is 2.31. The SMILES string of the molecule is OCCCCCCNc1cc(C(F)(F)F)ccc1F. The molecule has 0 heterocycles. The van der Waals surface area contributed by atoms with E-state index < -0.39 is 17.6 Å². The molecule has 0 aliphatic carbocycles. The van der Waals surface area contributed by atoms with Crippen LogP contribution in [0, 0.1) is 5.82 Å². The summed E-state index contributed by atoms with van der Waals surface area (Å²) < 4.78 is 50.7. The molecule has 108 valence electrons. The van der Waals surface area contributed by atoms with Gasteiger partial charge in [-0.25, -0.2) is 4.39 Å². The molecule has 0 radical (unpaired) electrons. The molecule has 2 nitrogen and oxygen atoms in total. The molecule has 0 bridgehead atoms. The van der Waals surface area contributed by atoms with E-state index >= 15 is 0 Å². The van der Waals surface area contributed by atoms with Crippen molar-refractivity contribution >= 4 is 5.69 Å². The minimum atomic E-state index is -4.47. The molecule has 0 atom stereocenters. The van der Waals surface area contributed by atoms with Gasteiger partial charge in [-0.2, -0.15) is 13.2 Å². The summed E-state index contributed by atoms with van der Waals surface area (Å²) in [5.41, 5.74) is -0.992. The monoisotopic (exact) mass is 279 g/mol. The third-order valence-electron chi connectivity index (χ3n) is 2.69. The van der Waals surface area contributed by atoms with Crippen LogP contribution in [0.5, 0.6) is 0 Å². The molecule has 1 aromatic rings. The van der Waals surface area contributed by atoms with Crippen molar-refractivity contribution < 1.29 is 22.7 Å². The van der Waals surface area contributed by atoms with Gasteiger partial charge in [-0.15, -0.1) is 0 Å². The summed E-state index contributed by atoms with van der Waals surface area (Å²) in [6.07, 6.45) is -1.35. The van der Waals surface area contributed by atoms with E-state index in [1.807, 2.05) is 0 Å². The molecule has 0 unspecified atom stereocenters. The van der Waals surface area contributed by atoms with Crippen LogP contribution in [0.4, 0.5) is 23.2 Å². The topological polar surface area (TPSA) is 32.3 Å². The van der Waals surface area contributed by atoms with Crippen LogP contribution in [0.3, 0.4) is 0 Å². The molecule has 0 amide bonds. The largest absolute Gasteiger partial charge is 0.416 e. The summed E-state index contributed by atoms with van der Waals surface area (Å²) >= 11 is 0. The average molecular weight is 279 g/mol. The van der Waals surface area contributed by atoms with Crippen LogP contribution < -0.4 is 5.32 Å². The lowest BCUT2D eigenvalue weighted by molar-refractivity contribution is -0.137. The molecule has 2 N–H and O–H groups in total. The van der Waals surface area contributed by atoms with Gasteiger partial charge in [0.15, 0.2) is 0 Å². The number of aliphatic hydroxyl groups is 1. The van der Waals surface area contributed by atoms with Crippen LogP contribution in [-0.4, -0.2) is 18.3 Å². The van der Waals surface area contributed by atoms with E-state index in [0.717, 1.165) is 37.5 Å². The van der Waals surface area contributed by atoms with Gasteiger partial charge in [0.1, 0.15) is 5.82 Å². The van der Waals surface area contributed by atoms with Crippen LogP contribution in [0.15, 0.2) is 18.2 Å². The molecule has 0 saturated heterocycles. The van der Waals surface area contributed by atoms with E-state index in [0.29, 0.717) is 13.0 Å². The number of benzene rings is 1. The van der Waals surface area contributed by atoms with E-state index in [-0.39, 0.29) is 12.3 Å². The summed E-state index contributed by atoms with van der Waals surface area (Å²) in [7, 11) is 0. The van der Waals surface area contributed by atoms with E-state index in [9.17, 15) is 17.6 Å². The van der Waals surface area contributed by atoms with E-state index in [4.69, 9.17) is 5.11 Å². The highest BCUT2D eigenvalue weighted by atomic mass is 19.4. The molecular formula is C13H17F4NO. The van der Waals surface area contributed by atoms with Crippen molar-refractivity contribution in [2.75, 3.05) is 18.5 Å². The van der Waals surface area contributed by atoms with Gasteiger partial charge in [0.25, 0.3) is 0 Å². The zero-order valence-electron chi connectivity index (χ0n) is 10.4. The van der Waals surface area contributed by atoms with Gasteiger partial charge in [0.2, 0.25) is 0 Å². The first-order valence-corrected chi connectivity index (χ1v) is 6.16. The van der Waals surface area contributed by atoms with Gasteiger partial charge >= 0.3 is 6.18 Å². The Morgan fingerprint density at radius 1 is 1.05 bits per heavy atom. The number of alkyl halides is 3. The van der Waals surface area contributed by atoms with Crippen molar-refractivity contribution in [3.63, 3.8) is 0 Å². The van der Waals surface area contributed by atoms with Crippen LogP contribution in [-0.2, 0) is 6.18 Å². The van der Waals surface area contributed by atoms with Crippen LogP contribution in [0.1, 0.15) is 31.2 Å². The van der Waals surface area contributed by atoms with Crippen molar-refractivity contribution in [3.05, 3.63) is 29.6 Å². The van der Waals surface area contributed by atoms with E-state index in [1.54, 1.807) is 0 Å². The average Bonchev–Trinajstić information content (AvgIpc) is 2.34. The number of rotatable bonds is 7. The minimum absolute atomic E-state index is 0.128. The summed E-state index contributed by atoms with van der Waals surface area (Å²) in [5, 5.41) is 11.2. The second-order valence-electron chi connectivity index (χ2n) is 4.26. The number of hydrogen-bond acceptors (Lipinski definition) is 2. The van der Waals surface area contributed by atoms with E-state index in [2.05, 4.69) is 5.32 Å². The number of unbranched alkanes of at least 4 members (excludes halogenated alkanes) is 3. The molecule has 19 heavy (non-hydrogen) atoms. The number of halogens is 4. The number of aliphatic hydroxyl groups excluding tert-OH is 1. The molecule has 0 fully saturated rings.